The molecule has 0 amide bonds. The van der Waals surface area contributed by atoms with Crippen LogP contribution >= 0.6 is 0 Å². The van der Waals surface area contributed by atoms with E-state index in [1.807, 2.05) is 176 Å². The summed E-state index contributed by atoms with van der Waals surface area (Å²) in [6.45, 7) is 1.20. The number of benzene rings is 6. The van der Waals surface area contributed by atoms with Gasteiger partial charge in [0.2, 0.25) is 0 Å². The van der Waals surface area contributed by atoms with Gasteiger partial charge in [0.15, 0.2) is 12.6 Å². The van der Waals surface area contributed by atoms with Crippen molar-refractivity contribution in [3.8, 4) is 5.75 Å². The zero-order valence-corrected chi connectivity index (χ0v) is 37.7. The van der Waals surface area contributed by atoms with Crippen LogP contribution in [0.4, 0.5) is 0 Å². The Hall–Kier alpha value is -5.32. The van der Waals surface area contributed by atoms with Gasteiger partial charge in [-0.05, 0) is 45.5 Å². The third kappa shape index (κ3) is 13.9. The Balaban J connectivity index is 1.14. The first-order valence-corrected chi connectivity index (χ1v) is 22.8. The quantitative estimate of drug-likeness (QED) is 0.0647. The lowest BCUT2D eigenvalue weighted by atomic mass is 9.96. The van der Waals surface area contributed by atoms with E-state index in [1.165, 1.54) is 0 Å². The highest BCUT2D eigenvalue weighted by atomic mass is 16.7. The maximum atomic E-state index is 12.3. The summed E-state index contributed by atoms with van der Waals surface area (Å²) in [6.07, 6.45) is -10.6. The van der Waals surface area contributed by atoms with E-state index in [9.17, 15) is 10.2 Å². The smallest absolute Gasteiger partial charge is 0.187 e. The second-order valence-corrected chi connectivity index (χ2v) is 16.6. The third-order valence-electron chi connectivity index (χ3n) is 11.8. The van der Waals surface area contributed by atoms with Crippen molar-refractivity contribution in [3.63, 3.8) is 0 Å². The van der Waals surface area contributed by atoms with Gasteiger partial charge in [0.05, 0.1) is 60.0 Å². The summed E-state index contributed by atoms with van der Waals surface area (Å²) in [5.74, 6) is 0.709. The molecule has 6 aromatic carbocycles. The molecule has 0 unspecified atom stereocenters. The maximum Gasteiger partial charge on any atom is 0.187 e. The van der Waals surface area contributed by atoms with Crippen LogP contribution in [0, 0.1) is 0 Å². The number of ether oxygens (including phenoxy) is 10. The maximum absolute atomic E-state index is 12.3. The SMILES string of the molecule is COc1ccc(CO[C@H]2[C@@H](O)[C@@H](COCc3ccccc3)O[C@@H](O[C@H]3[C@H](OCc4ccccc4)[C@@H](OCc4ccccc4)[C@H](O)O[C@@H]3COCc3ccccc3)[C@@H]2OCc2ccccc2)cc1. The molecule has 2 aliphatic rings. The second kappa shape index (κ2) is 25.2. The predicted octanol–water partition coefficient (Wildman–Crippen LogP) is 7.96. The summed E-state index contributed by atoms with van der Waals surface area (Å²) >= 11 is 0. The molecular weight excluding hydrogens is 853 g/mol. The molecule has 352 valence electrons. The Morgan fingerprint density at radius 1 is 0.388 bits per heavy atom. The Kier molecular flexibility index (Phi) is 18.1. The zero-order chi connectivity index (χ0) is 46.0. The lowest BCUT2D eigenvalue weighted by Crippen LogP contribution is -2.66. The van der Waals surface area contributed by atoms with Gasteiger partial charge in [-0.3, -0.25) is 0 Å². The van der Waals surface area contributed by atoms with Crippen molar-refractivity contribution in [3.05, 3.63) is 209 Å². The molecule has 2 heterocycles. The van der Waals surface area contributed by atoms with E-state index in [4.69, 9.17) is 47.4 Å². The third-order valence-corrected chi connectivity index (χ3v) is 11.8. The first-order chi connectivity index (χ1) is 33.0. The number of aliphatic hydroxyl groups is 2. The largest absolute Gasteiger partial charge is 0.497 e. The van der Waals surface area contributed by atoms with Gasteiger partial charge in [-0.15, -0.1) is 0 Å². The fourth-order valence-electron chi connectivity index (χ4n) is 8.17. The lowest BCUT2D eigenvalue weighted by molar-refractivity contribution is -0.371. The average Bonchev–Trinajstić information content (AvgIpc) is 3.37. The van der Waals surface area contributed by atoms with Crippen molar-refractivity contribution in [2.24, 2.45) is 0 Å². The van der Waals surface area contributed by atoms with Gasteiger partial charge in [0.25, 0.3) is 0 Å². The molecule has 12 heteroatoms. The summed E-state index contributed by atoms with van der Waals surface area (Å²) in [5.41, 5.74) is 5.49. The Bertz CT molecular complexity index is 2270. The molecule has 2 N–H and O–H groups in total. The lowest BCUT2D eigenvalue weighted by Gasteiger charge is -2.49. The van der Waals surface area contributed by atoms with Crippen molar-refractivity contribution in [1.29, 1.82) is 0 Å². The van der Waals surface area contributed by atoms with Gasteiger partial charge in [0.1, 0.15) is 54.6 Å². The highest BCUT2D eigenvalue weighted by Crippen LogP contribution is 2.35. The van der Waals surface area contributed by atoms with Crippen molar-refractivity contribution in [1.82, 2.24) is 0 Å². The van der Waals surface area contributed by atoms with Gasteiger partial charge in [-0.1, -0.05) is 164 Å². The van der Waals surface area contributed by atoms with E-state index in [0.717, 1.165) is 33.4 Å². The van der Waals surface area contributed by atoms with Gasteiger partial charge < -0.3 is 57.6 Å². The van der Waals surface area contributed by atoms with E-state index in [0.29, 0.717) is 5.75 Å². The first-order valence-electron chi connectivity index (χ1n) is 22.8. The molecule has 0 aliphatic carbocycles. The molecule has 0 saturated carbocycles. The molecule has 2 saturated heterocycles. The van der Waals surface area contributed by atoms with Crippen molar-refractivity contribution < 1.29 is 57.6 Å². The Morgan fingerprint density at radius 2 is 0.776 bits per heavy atom. The van der Waals surface area contributed by atoms with Crippen molar-refractivity contribution >= 4 is 0 Å². The number of hydrogen-bond donors (Lipinski definition) is 2. The number of hydrogen-bond acceptors (Lipinski definition) is 12. The average molecular weight is 913 g/mol. The Morgan fingerprint density at radius 3 is 1.24 bits per heavy atom. The van der Waals surface area contributed by atoms with E-state index in [2.05, 4.69) is 0 Å². The van der Waals surface area contributed by atoms with Crippen LogP contribution in [-0.2, 0) is 82.3 Å². The summed E-state index contributed by atoms with van der Waals surface area (Å²) < 4.78 is 65.2. The van der Waals surface area contributed by atoms with E-state index >= 15 is 0 Å². The fraction of sp³-hybridized carbons (Fsp3) is 0.345. The molecule has 6 aromatic rings. The monoisotopic (exact) mass is 912 g/mol. The Labute approximate surface area is 392 Å². The second-order valence-electron chi connectivity index (χ2n) is 16.6. The summed E-state index contributed by atoms with van der Waals surface area (Å²) in [5, 5.41) is 24.1. The van der Waals surface area contributed by atoms with Crippen LogP contribution in [0.3, 0.4) is 0 Å². The fourth-order valence-corrected chi connectivity index (χ4v) is 8.17. The summed E-state index contributed by atoms with van der Waals surface area (Å²) in [4.78, 5) is 0. The highest BCUT2D eigenvalue weighted by molar-refractivity contribution is 5.27. The molecule has 0 radical (unpaired) electrons. The van der Waals surface area contributed by atoms with Gasteiger partial charge in [-0.2, -0.15) is 0 Å². The zero-order valence-electron chi connectivity index (χ0n) is 37.7. The molecule has 2 fully saturated rings. The molecule has 8 rings (SSSR count). The molecule has 0 bridgehead atoms. The van der Waals surface area contributed by atoms with Gasteiger partial charge in [0, 0.05) is 0 Å². The number of aliphatic hydroxyl groups excluding tert-OH is 2. The van der Waals surface area contributed by atoms with Crippen LogP contribution in [-0.4, -0.2) is 91.9 Å². The topological polar surface area (TPSA) is 133 Å². The van der Waals surface area contributed by atoms with Crippen molar-refractivity contribution in [2.45, 2.75) is 101 Å². The van der Waals surface area contributed by atoms with Crippen LogP contribution in [0.2, 0.25) is 0 Å². The van der Waals surface area contributed by atoms with Gasteiger partial charge in [-0.25, -0.2) is 0 Å². The predicted molar refractivity (Wildman–Crippen MR) is 249 cm³/mol. The molecule has 67 heavy (non-hydrogen) atoms. The number of methoxy groups -OCH3 is 1. The molecule has 12 nitrogen and oxygen atoms in total. The minimum atomic E-state index is -1.42. The summed E-state index contributed by atoms with van der Waals surface area (Å²) in [6, 6.07) is 56.3. The normalized spacial score (nSPS) is 25.1. The molecule has 2 aliphatic heterocycles. The molecule has 10 atom stereocenters. The van der Waals surface area contributed by atoms with Crippen LogP contribution in [0.25, 0.3) is 0 Å². The van der Waals surface area contributed by atoms with E-state index in [-0.39, 0.29) is 52.9 Å². The van der Waals surface area contributed by atoms with E-state index < -0.39 is 61.4 Å². The van der Waals surface area contributed by atoms with Crippen LogP contribution < -0.4 is 4.74 Å². The molecule has 0 spiro atoms. The standard InChI is InChI=1S/C55H60O12/c1-58-45-29-27-44(28-30-45)36-61-50-48(56)46(37-59-31-39-17-7-2-8-18-39)66-55(53(50)64-35-43-25-15-6-16-26-43)67-49-47(38-60-32-40-19-9-3-10-20-40)65-54(57)52(63-34-42-23-13-5-14-24-42)51(49)62-33-41-21-11-4-12-22-41/h2-30,46-57H,31-38H2,1H3/t46-,47-,48+,49-,50+,51+,52-,53-,54-,55+/m1/s1. The first kappa shape index (κ1) is 48.1. The minimum absolute atomic E-state index is 0.00393. The van der Waals surface area contributed by atoms with Crippen molar-refractivity contribution in [2.75, 3.05) is 20.3 Å². The minimum Gasteiger partial charge on any atom is -0.497 e. The highest BCUT2D eigenvalue weighted by Gasteiger charge is 2.53. The number of rotatable bonds is 23. The van der Waals surface area contributed by atoms with Crippen LogP contribution in [0.5, 0.6) is 5.75 Å². The summed E-state index contributed by atoms with van der Waals surface area (Å²) in [7, 11) is 1.62. The van der Waals surface area contributed by atoms with E-state index in [1.54, 1.807) is 7.11 Å². The van der Waals surface area contributed by atoms with Crippen LogP contribution in [0.15, 0.2) is 176 Å². The van der Waals surface area contributed by atoms with Gasteiger partial charge >= 0.3 is 0 Å². The molecular formula is C55H60O12. The van der Waals surface area contributed by atoms with Crippen LogP contribution in [0.1, 0.15) is 33.4 Å². The molecule has 0 aromatic heterocycles.